The van der Waals surface area contributed by atoms with Crippen LogP contribution in [0, 0.1) is 5.82 Å². The van der Waals surface area contributed by atoms with Crippen LogP contribution < -0.4 is 0 Å². The predicted octanol–water partition coefficient (Wildman–Crippen LogP) is 2.65. The summed E-state index contributed by atoms with van der Waals surface area (Å²) in [6.07, 6.45) is 6.00. The van der Waals surface area contributed by atoms with Gasteiger partial charge in [0.05, 0.1) is 23.7 Å². The summed E-state index contributed by atoms with van der Waals surface area (Å²) in [5.41, 5.74) is 2.53. The van der Waals surface area contributed by atoms with Crippen molar-refractivity contribution < 1.29 is 14.0 Å². The van der Waals surface area contributed by atoms with E-state index in [1.54, 1.807) is 29.4 Å². The molecule has 2 fully saturated rings. The van der Waals surface area contributed by atoms with Crippen molar-refractivity contribution in [3.63, 3.8) is 0 Å². The molecule has 2 aromatic heterocycles. The number of benzene rings is 1. The fourth-order valence-electron chi connectivity index (χ4n) is 4.66. The van der Waals surface area contributed by atoms with Crippen molar-refractivity contribution in [1.82, 2.24) is 24.8 Å². The number of pyridine rings is 1. The van der Waals surface area contributed by atoms with E-state index in [2.05, 4.69) is 15.0 Å². The molecule has 4 heterocycles. The second-order valence-electron chi connectivity index (χ2n) is 8.33. The van der Waals surface area contributed by atoms with E-state index in [1.165, 1.54) is 12.1 Å². The van der Waals surface area contributed by atoms with Crippen molar-refractivity contribution >= 4 is 22.8 Å². The van der Waals surface area contributed by atoms with Gasteiger partial charge >= 0.3 is 0 Å². The minimum absolute atomic E-state index is 0.0187. The molecule has 2 aliphatic heterocycles. The van der Waals surface area contributed by atoms with E-state index in [-0.39, 0.29) is 30.0 Å². The molecule has 7 nitrogen and oxygen atoms in total. The second-order valence-corrected chi connectivity index (χ2v) is 8.33. The van der Waals surface area contributed by atoms with Crippen LogP contribution in [0.15, 0.2) is 42.7 Å². The highest BCUT2D eigenvalue weighted by atomic mass is 19.1. The zero-order chi connectivity index (χ0) is 21.4. The van der Waals surface area contributed by atoms with Gasteiger partial charge in [-0.05, 0) is 43.0 Å². The maximum Gasteiger partial charge on any atom is 0.245 e. The SMILES string of the molecule is O=C(C1CCCN1C(=O)Cc1ccc(F)cc1)N1CCC(c2nc3ccncc3[nH]2)C1. The molecule has 1 aromatic carbocycles. The van der Waals surface area contributed by atoms with Gasteiger partial charge in [0.15, 0.2) is 0 Å². The summed E-state index contributed by atoms with van der Waals surface area (Å²) in [5.74, 6) is 0.651. The van der Waals surface area contributed by atoms with Crippen LogP contribution in [0.1, 0.15) is 36.6 Å². The lowest BCUT2D eigenvalue weighted by molar-refractivity contribution is -0.142. The molecule has 2 amide bonds. The van der Waals surface area contributed by atoms with E-state index in [0.29, 0.717) is 26.1 Å². The molecule has 1 N–H and O–H groups in total. The Bertz CT molecular complexity index is 1080. The van der Waals surface area contributed by atoms with E-state index in [4.69, 9.17) is 0 Å². The van der Waals surface area contributed by atoms with Crippen molar-refractivity contribution in [2.75, 3.05) is 19.6 Å². The molecular weight excluding hydrogens is 397 g/mol. The van der Waals surface area contributed by atoms with Gasteiger partial charge in [0.1, 0.15) is 17.7 Å². The van der Waals surface area contributed by atoms with Crippen molar-refractivity contribution in [2.45, 2.75) is 37.6 Å². The van der Waals surface area contributed by atoms with Crippen LogP contribution in [0.2, 0.25) is 0 Å². The fourth-order valence-corrected chi connectivity index (χ4v) is 4.66. The number of hydrogen-bond donors (Lipinski definition) is 1. The fraction of sp³-hybridized carbons (Fsp3) is 0.391. The Balaban J connectivity index is 1.24. The Morgan fingerprint density at radius 3 is 2.77 bits per heavy atom. The Hall–Kier alpha value is -3.29. The van der Waals surface area contributed by atoms with Gasteiger partial charge in [0.2, 0.25) is 11.8 Å². The van der Waals surface area contributed by atoms with Gasteiger partial charge in [-0.3, -0.25) is 14.6 Å². The molecule has 5 rings (SSSR count). The molecule has 31 heavy (non-hydrogen) atoms. The first-order valence-corrected chi connectivity index (χ1v) is 10.7. The summed E-state index contributed by atoms with van der Waals surface area (Å²) in [4.78, 5) is 41.8. The quantitative estimate of drug-likeness (QED) is 0.702. The van der Waals surface area contributed by atoms with E-state index in [9.17, 15) is 14.0 Å². The number of imidazole rings is 1. The Morgan fingerprint density at radius 1 is 1.13 bits per heavy atom. The van der Waals surface area contributed by atoms with Crippen molar-refractivity contribution in [3.8, 4) is 0 Å². The van der Waals surface area contributed by atoms with Crippen molar-refractivity contribution in [3.05, 3.63) is 59.9 Å². The Kier molecular flexibility index (Phi) is 5.13. The number of nitrogens with zero attached hydrogens (tertiary/aromatic N) is 4. The van der Waals surface area contributed by atoms with Crippen LogP contribution in [0.3, 0.4) is 0 Å². The molecular formula is C23H24FN5O2. The first-order valence-electron chi connectivity index (χ1n) is 10.7. The monoisotopic (exact) mass is 421 g/mol. The standard InChI is InChI=1S/C23H24FN5O2/c24-17-5-3-15(4-6-17)12-21(30)29-10-1-2-20(29)23(31)28-11-8-16(14-28)22-26-18-7-9-25-13-19(18)27-22/h3-7,9,13,16,20H,1-2,8,10-12,14H2,(H,26,27). The lowest BCUT2D eigenvalue weighted by Gasteiger charge is -2.28. The molecule has 2 atom stereocenters. The van der Waals surface area contributed by atoms with Crippen LogP contribution >= 0.6 is 0 Å². The summed E-state index contributed by atoms with van der Waals surface area (Å²) in [6, 6.07) is 7.41. The molecule has 2 unspecified atom stereocenters. The van der Waals surface area contributed by atoms with Crippen molar-refractivity contribution in [2.24, 2.45) is 0 Å². The molecule has 8 heteroatoms. The van der Waals surface area contributed by atoms with Gasteiger partial charge in [0, 0.05) is 31.7 Å². The number of aromatic amines is 1. The largest absolute Gasteiger partial charge is 0.340 e. The smallest absolute Gasteiger partial charge is 0.245 e. The first-order chi connectivity index (χ1) is 15.1. The van der Waals surface area contributed by atoms with Gasteiger partial charge < -0.3 is 14.8 Å². The number of rotatable bonds is 4. The second kappa shape index (κ2) is 8.09. The maximum atomic E-state index is 13.3. The van der Waals surface area contributed by atoms with Crippen molar-refractivity contribution in [1.29, 1.82) is 0 Å². The molecule has 0 bridgehead atoms. The Morgan fingerprint density at radius 2 is 1.97 bits per heavy atom. The van der Waals surface area contributed by atoms with Crippen LogP contribution in [-0.2, 0) is 16.0 Å². The van der Waals surface area contributed by atoms with Gasteiger partial charge in [-0.15, -0.1) is 0 Å². The van der Waals surface area contributed by atoms with E-state index in [1.807, 2.05) is 11.0 Å². The molecule has 0 saturated carbocycles. The minimum Gasteiger partial charge on any atom is -0.340 e. The minimum atomic E-state index is -0.411. The highest BCUT2D eigenvalue weighted by Crippen LogP contribution is 2.29. The lowest BCUT2D eigenvalue weighted by atomic mass is 10.1. The summed E-state index contributed by atoms with van der Waals surface area (Å²) in [5, 5.41) is 0. The highest BCUT2D eigenvalue weighted by Gasteiger charge is 2.39. The summed E-state index contributed by atoms with van der Waals surface area (Å²) >= 11 is 0. The zero-order valence-corrected chi connectivity index (χ0v) is 17.1. The van der Waals surface area contributed by atoms with Crippen LogP contribution in [0.5, 0.6) is 0 Å². The molecule has 160 valence electrons. The van der Waals surface area contributed by atoms with Crippen LogP contribution in [-0.4, -0.2) is 62.2 Å². The Labute approximate surface area is 179 Å². The van der Waals surface area contributed by atoms with Crippen LogP contribution in [0.25, 0.3) is 11.0 Å². The molecule has 3 aromatic rings. The number of halogens is 1. The summed E-state index contributed by atoms with van der Waals surface area (Å²) in [6.45, 7) is 1.85. The number of H-pyrrole nitrogens is 1. The number of carbonyl (C=O) groups excluding carboxylic acids is 2. The number of hydrogen-bond acceptors (Lipinski definition) is 4. The predicted molar refractivity (Wildman–Crippen MR) is 113 cm³/mol. The lowest BCUT2D eigenvalue weighted by Crippen LogP contribution is -2.47. The summed E-state index contributed by atoms with van der Waals surface area (Å²) in [7, 11) is 0. The zero-order valence-electron chi connectivity index (χ0n) is 17.1. The topological polar surface area (TPSA) is 82.2 Å². The third-order valence-electron chi connectivity index (χ3n) is 6.32. The van der Waals surface area contributed by atoms with Crippen LogP contribution in [0.4, 0.5) is 4.39 Å². The molecule has 0 aliphatic carbocycles. The van der Waals surface area contributed by atoms with Gasteiger partial charge in [-0.25, -0.2) is 9.37 Å². The average Bonchev–Trinajstić information content (AvgIpc) is 3.53. The number of carbonyl (C=O) groups is 2. The molecule has 0 radical (unpaired) electrons. The maximum absolute atomic E-state index is 13.3. The number of fused-ring (bicyclic) bond motifs is 1. The third kappa shape index (κ3) is 3.89. The molecule has 0 spiro atoms. The summed E-state index contributed by atoms with van der Waals surface area (Å²) < 4.78 is 13.1. The normalized spacial score (nSPS) is 21.2. The van der Waals surface area contributed by atoms with E-state index in [0.717, 1.165) is 35.3 Å². The molecule has 2 saturated heterocycles. The van der Waals surface area contributed by atoms with Gasteiger partial charge in [-0.2, -0.15) is 0 Å². The number of amides is 2. The van der Waals surface area contributed by atoms with E-state index >= 15 is 0 Å². The average molecular weight is 421 g/mol. The molecule has 2 aliphatic rings. The third-order valence-corrected chi connectivity index (χ3v) is 6.32. The number of aromatic nitrogens is 3. The number of nitrogens with one attached hydrogen (secondary N) is 1. The number of likely N-dealkylation sites (tertiary alicyclic amines) is 2. The highest BCUT2D eigenvalue weighted by molar-refractivity contribution is 5.89. The first kappa shape index (κ1) is 19.7. The van der Waals surface area contributed by atoms with E-state index < -0.39 is 6.04 Å². The van der Waals surface area contributed by atoms with Gasteiger partial charge in [0.25, 0.3) is 0 Å². The van der Waals surface area contributed by atoms with Gasteiger partial charge in [-0.1, -0.05) is 12.1 Å².